The average molecular weight is 537 g/mol. The molecule has 14 heteroatoms. The van der Waals surface area contributed by atoms with Crippen LogP contribution in [0.5, 0.6) is 5.75 Å². The molecule has 11 nitrogen and oxygen atoms in total. The van der Waals surface area contributed by atoms with Crippen molar-refractivity contribution in [3.05, 3.63) is 18.3 Å². The van der Waals surface area contributed by atoms with Gasteiger partial charge >= 0.3 is 12.1 Å². The standard InChI is InChI=1S/C24H27F3N6O5/c1-13(30-21(37)24(25,26)27)18(34)32(3)15(10-22(2)6-7-22)19(35)33-12-23(9-14(33)11-28)20(36)31-17-16(38-23)5-4-8-29-17/h4-5,8,13-15H,6-7,9-10,12H2,1-3H3,(H,30,37)(H,29,31,36)/t13-,14-,15-,23+/m0/s1. The van der Waals surface area contributed by atoms with Crippen LogP contribution in [0.2, 0.25) is 0 Å². The topological polar surface area (TPSA) is 145 Å². The average Bonchev–Trinajstić information content (AvgIpc) is 3.47. The van der Waals surface area contributed by atoms with Crippen LogP contribution >= 0.6 is 0 Å². The molecule has 2 fully saturated rings. The Labute approximate surface area is 216 Å². The molecule has 1 aliphatic carbocycles. The van der Waals surface area contributed by atoms with Crippen molar-refractivity contribution in [2.45, 2.75) is 69.4 Å². The highest BCUT2D eigenvalue weighted by molar-refractivity contribution is 6.01. The van der Waals surface area contributed by atoms with Gasteiger partial charge < -0.3 is 25.2 Å². The third kappa shape index (κ3) is 5.09. The van der Waals surface area contributed by atoms with Gasteiger partial charge in [0.1, 0.15) is 18.1 Å². The van der Waals surface area contributed by atoms with Crippen molar-refractivity contribution in [2.75, 3.05) is 18.9 Å². The van der Waals surface area contributed by atoms with Gasteiger partial charge in [0.15, 0.2) is 11.6 Å². The number of rotatable bonds is 6. The molecule has 204 valence electrons. The first kappa shape index (κ1) is 27.2. The number of carbonyl (C=O) groups excluding carboxylic acids is 4. The van der Waals surface area contributed by atoms with Crippen LogP contribution in [0.15, 0.2) is 18.3 Å². The van der Waals surface area contributed by atoms with E-state index in [0.717, 1.165) is 24.7 Å². The van der Waals surface area contributed by atoms with Crippen molar-refractivity contribution >= 4 is 29.4 Å². The zero-order valence-electron chi connectivity index (χ0n) is 21.0. The number of ether oxygens (including phenoxy) is 1. The zero-order chi connectivity index (χ0) is 28.0. The number of amides is 4. The number of fused-ring (bicyclic) bond motifs is 1. The highest BCUT2D eigenvalue weighted by Crippen LogP contribution is 2.50. The van der Waals surface area contributed by atoms with Gasteiger partial charge in [0.2, 0.25) is 17.4 Å². The summed E-state index contributed by atoms with van der Waals surface area (Å²) < 4.78 is 44.1. The molecule has 0 aromatic carbocycles. The molecule has 1 spiro atoms. The summed E-state index contributed by atoms with van der Waals surface area (Å²) in [5.41, 5.74) is -1.84. The Bertz CT molecular complexity index is 1210. The Morgan fingerprint density at radius 1 is 1.39 bits per heavy atom. The molecule has 3 aliphatic rings. The zero-order valence-corrected chi connectivity index (χ0v) is 21.0. The summed E-state index contributed by atoms with van der Waals surface area (Å²) in [6, 6.07) is 1.45. The first-order valence-corrected chi connectivity index (χ1v) is 12.0. The lowest BCUT2D eigenvalue weighted by molar-refractivity contribution is -0.175. The van der Waals surface area contributed by atoms with E-state index in [1.807, 2.05) is 13.0 Å². The summed E-state index contributed by atoms with van der Waals surface area (Å²) in [7, 11) is 1.27. The number of hydrogen-bond donors (Lipinski definition) is 2. The molecule has 3 heterocycles. The first-order valence-electron chi connectivity index (χ1n) is 12.0. The SMILES string of the molecule is C[C@H](NC(=O)C(F)(F)F)C(=O)N(C)[C@@H](CC1(C)CC1)C(=O)N1C[C@@]2(C[C@H]1C#N)Oc1cccnc1NC2=O. The van der Waals surface area contributed by atoms with E-state index in [-0.39, 0.29) is 36.4 Å². The Hall–Kier alpha value is -3.89. The number of alkyl halides is 3. The lowest BCUT2D eigenvalue weighted by Crippen LogP contribution is -2.57. The lowest BCUT2D eigenvalue weighted by Gasteiger charge is -2.36. The van der Waals surface area contributed by atoms with Crippen molar-refractivity contribution in [3.63, 3.8) is 0 Å². The van der Waals surface area contributed by atoms with Crippen LogP contribution in [-0.4, -0.2) is 81.9 Å². The Balaban J connectivity index is 1.57. The predicted molar refractivity (Wildman–Crippen MR) is 124 cm³/mol. The monoisotopic (exact) mass is 536 g/mol. The second-order valence-electron chi connectivity index (χ2n) is 10.4. The van der Waals surface area contributed by atoms with Gasteiger partial charge in [-0.05, 0) is 43.7 Å². The van der Waals surface area contributed by atoms with Gasteiger partial charge in [-0.25, -0.2) is 4.98 Å². The predicted octanol–water partition coefficient (Wildman–Crippen LogP) is 1.36. The molecule has 4 rings (SSSR count). The fraction of sp³-hybridized carbons (Fsp3) is 0.583. The maximum atomic E-state index is 13.9. The van der Waals surface area contributed by atoms with Crippen LogP contribution in [0.3, 0.4) is 0 Å². The normalized spacial score (nSPS) is 24.8. The summed E-state index contributed by atoms with van der Waals surface area (Å²) in [5.74, 6) is -3.90. The third-order valence-electron chi connectivity index (χ3n) is 7.34. The van der Waals surface area contributed by atoms with E-state index in [0.29, 0.717) is 0 Å². The Morgan fingerprint density at radius 2 is 2.08 bits per heavy atom. The number of nitrogens with zero attached hydrogens (tertiary/aromatic N) is 4. The Morgan fingerprint density at radius 3 is 2.68 bits per heavy atom. The molecule has 2 aliphatic heterocycles. The van der Waals surface area contributed by atoms with E-state index >= 15 is 0 Å². The summed E-state index contributed by atoms with van der Waals surface area (Å²) >= 11 is 0. The number of nitriles is 1. The summed E-state index contributed by atoms with van der Waals surface area (Å²) in [6.07, 6.45) is -2.09. The minimum absolute atomic E-state index is 0.130. The van der Waals surface area contributed by atoms with E-state index in [2.05, 4.69) is 10.3 Å². The van der Waals surface area contributed by atoms with Crippen LogP contribution in [-0.2, 0) is 19.2 Å². The van der Waals surface area contributed by atoms with E-state index in [1.54, 1.807) is 17.4 Å². The molecule has 1 aromatic rings. The van der Waals surface area contributed by atoms with Gasteiger partial charge in [0, 0.05) is 19.7 Å². The number of hydrogen-bond acceptors (Lipinski definition) is 7. The molecular formula is C24H27F3N6O5. The van der Waals surface area contributed by atoms with Crippen LogP contribution in [0.1, 0.15) is 39.5 Å². The van der Waals surface area contributed by atoms with Crippen molar-refractivity contribution in [1.29, 1.82) is 5.26 Å². The van der Waals surface area contributed by atoms with E-state index < -0.39 is 53.5 Å². The van der Waals surface area contributed by atoms with Gasteiger partial charge in [-0.2, -0.15) is 18.4 Å². The molecule has 0 unspecified atom stereocenters. The quantitative estimate of drug-likeness (QED) is 0.559. The van der Waals surface area contributed by atoms with Crippen molar-refractivity contribution < 1.29 is 37.1 Å². The van der Waals surface area contributed by atoms with Gasteiger partial charge in [0.25, 0.3) is 5.91 Å². The summed E-state index contributed by atoms with van der Waals surface area (Å²) in [5, 5.41) is 14.1. The van der Waals surface area contributed by atoms with Gasteiger partial charge in [-0.15, -0.1) is 0 Å². The van der Waals surface area contributed by atoms with Crippen LogP contribution in [0.4, 0.5) is 19.0 Å². The van der Waals surface area contributed by atoms with Crippen molar-refractivity contribution in [2.24, 2.45) is 5.41 Å². The lowest BCUT2D eigenvalue weighted by atomic mass is 9.96. The van der Waals surface area contributed by atoms with Crippen molar-refractivity contribution in [1.82, 2.24) is 20.1 Å². The number of anilines is 1. The molecule has 38 heavy (non-hydrogen) atoms. The largest absolute Gasteiger partial charge is 0.472 e. The van der Waals surface area contributed by atoms with Crippen LogP contribution in [0.25, 0.3) is 0 Å². The van der Waals surface area contributed by atoms with Crippen LogP contribution < -0.4 is 15.4 Å². The maximum absolute atomic E-state index is 13.9. The number of likely N-dealkylation sites (tertiary alicyclic amines) is 1. The molecule has 4 atom stereocenters. The molecule has 0 radical (unpaired) electrons. The van der Waals surface area contributed by atoms with Crippen molar-refractivity contribution in [3.8, 4) is 11.8 Å². The highest BCUT2D eigenvalue weighted by atomic mass is 19.4. The second-order valence-corrected chi connectivity index (χ2v) is 10.4. The highest BCUT2D eigenvalue weighted by Gasteiger charge is 2.57. The fourth-order valence-corrected chi connectivity index (χ4v) is 4.77. The maximum Gasteiger partial charge on any atom is 0.471 e. The minimum atomic E-state index is -5.18. The molecule has 2 N–H and O–H groups in total. The number of carbonyl (C=O) groups is 4. The third-order valence-corrected chi connectivity index (χ3v) is 7.34. The first-order chi connectivity index (χ1) is 17.7. The molecule has 1 saturated heterocycles. The number of aromatic nitrogens is 1. The molecule has 1 saturated carbocycles. The molecule has 4 amide bonds. The minimum Gasteiger partial charge on any atom is -0.472 e. The van der Waals surface area contributed by atoms with Gasteiger partial charge in [-0.1, -0.05) is 6.92 Å². The van der Waals surface area contributed by atoms with E-state index in [9.17, 15) is 37.6 Å². The molecule has 0 bridgehead atoms. The molecular weight excluding hydrogens is 509 g/mol. The van der Waals surface area contributed by atoms with Gasteiger partial charge in [-0.3, -0.25) is 19.2 Å². The molecule has 1 aromatic heterocycles. The fourth-order valence-electron chi connectivity index (χ4n) is 4.77. The number of halogens is 3. The van der Waals surface area contributed by atoms with Gasteiger partial charge in [0.05, 0.1) is 12.6 Å². The van der Waals surface area contributed by atoms with Crippen LogP contribution in [0, 0.1) is 16.7 Å². The number of pyridine rings is 1. The van der Waals surface area contributed by atoms with E-state index in [1.165, 1.54) is 18.1 Å². The summed E-state index contributed by atoms with van der Waals surface area (Å²) in [6.45, 7) is 2.73. The summed E-state index contributed by atoms with van der Waals surface area (Å²) in [4.78, 5) is 57.5. The number of nitrogens with one attached hydrogen (secondary N) is 2. The smallest absolute Gasteiger partial charge is 0.471 e. The Kier molecular flexibility index (Phi) is 6.75. The second kappa shape index (κ2) is 9.45. The van der Waals surface area contributed by atoms with E-state index in [4.69, 9.17) is 4.74 Å². The number of likely N-dealkylation sites (N-methyl/N-ethyl adjacent to an activating group) is 1.